The molecule has 3 aromatic rings. The van der Waals surface area contributed by atoms with Gasteiger partial charge in [-0.2, -0.15) is 5.10 Å². The first kappa shape index (κ1) is 16.9. The van der Waals surface area contributed by atoms with Crippen molar-refractivity contribution in [2.75, 3.05) is 5.32 Å². The minimum Gasteiger partial charge on any atom is -0.348 e. The van der Waals surface area contributed by atoms with Gasteiger partial charge in [-0.15, -0.1) is 11.3 Å². The summed E-state index contributed by atoms with van der Waals surface area (Å²) in [7, 11) is 0. The third-order valence-electron chi connectivity index (χ3n) is 3.61. The Morgan fingerprint density at radius 1 is 1.24 bits per heavy atom. The third-order valence-corrected chi connectivity index (χ3v) is 4.60. The number of amides is 2. The summed E-state index contributed by atoms with van der Waals surface area (Å²) in [5.74, 6) is -0.318. The molecule has 3 N–H and O–H groups in total. The highest BCUT2D eigenvalue weighted by Crippen LogP contribution is 2.24. The molecule has 0 bridgehead atoms. The fourth-order valence-corrected chi connectivity index (χ4v) is 3.31. The molecule has 3 rings (SSSR count). The van der Waals surface area contributed by atoms with E-state index < -0.39 is 0 Å². The summed E-state index contributed by atoms with van der Waals surface area (Å²) in [5.41, 5.74) is 2.52. The highest BCUT2D eigenvalue weighted by molar-refractivity contribution is 7.10. The lowest BCUT2D eigenvalue weighted by Crippen LogP contribution is -2.29. The molecule has 0 saturated carbocycles. The fourth-order valence-electron chi connectivity index (χ4n) is 2.54. The first-order chi connectivity index (χ1) is 12.1. The van der Waals surface area contributed by atoms with E-state index in [-0.39, 0.29) is 24.3 Å². The van der Waals surface area contributed by atoms with Gasteiger partial charge < -0.3 is 10.6 Å². The number of anilines is 1. The number of aromatic amines is 1. The number of carbonyl (C=O) groups is 2. The summed E-state index contributed by atoms with van der Waals surface area (Å²) in [6.07, 6.45) is 1.86. The maximum absolute atomic E-state index is 12.4. The smallest absolute Gasteiger partial charge is 0.226 e. The molecule has 0 spiro atoms. The molecule has 0 aliphatic carbocycles. The van der Waals surface area contributed by atoms with Gasteiger partial charge >= 0.3 is 0 Å². The molecule has 0 aliphatic rings. The van der Waals surface area contributed by atoms with Crippen molar-refractivity contribution < 1.29 is 9.59 Å². The lowest BCUT2D eigenvalue weighted by atomic mass is 10.1. The van der Waals surface area contributed by atoms with Crippen molar-refractivity contribution in [3.63, 3.8) is 0 Å². The highest BCUT2D eigenvalue weighted by atomic mass is 32.1. The van der Waals surface area contributed by atoms with Crippen LogP contribution in [-0.2, 0) is 9.59 Å². The number of nitrogens with zero attached hydrogens (tertiary/aromatic N) is 1. The summed E-state index contributed by atoms with van der Waals surface area (Å²) < 4.78 is 0. The Bertz CT molecular complexity index is 844. The molecule has 0 radical (unpaired) electrons. The van der Waals surface area contributed by atoms with E-state index in [1.165, 1.54) is 18.3 Å². The predicted octanol–water partition coefficient (Wildman–Crippen LogP) is 3.34. The van der Waals surface area contributed by atoms with E-state index in [4.69, 9.17) is 0 Å². The minimum atomic E-state index is -0.326. The van der Waals surface area contributed by atoms with E-state index in [2.05, 4.69) is 20.8 Å². The van der Waals surface area contributed by atoms with Crippen molar-refractivity contribution in [1.82, 2.24) is 15.5 Å². The fraction of sp³-hybridized carbons (Fsp3) is 0.167. The summed E-state index contributed by atoms with van der Waals surface area (Å²) in [5, 5.41) is 14.5. The number of hydrogen-bond donors (Lipinski definition) is 3. The minimum absolute atomic E-state index is 0.158. The molecule has 128 valence electrons. The van der Waals surface area contributed by atoms with Crippen LogP contribution in [0.4, 0.5) is 5.69 Å². The SMILES string of the molecule is CC(=O)N[C@@H](CC(=O)Nc1cccc(-c2ccn[nH]2)c1)c1cccs1. The quantitative estimate of drug-likeness (QED) is 0.634. The van der Waals surface area contributed by atoms with Crippen LogP contribution in [0.3, 0.4) is 0 Å². The van der Waals surface area contributed by atoms with Gasteiger partial charge in [0.05, 0.1) is 18.2 Å². The van der Waals surface area contributed by atoms with Crippen LogP contribution in [0.2, 0.25) is 0 Å². The second-order valence-corrected chi connectivity index (χ2v) is 6.55. The zero-order valence-electron chi connectivity index (χ0n) is 13.7. The molecule has 0 fully saturated rings. The zero-order chi connectivity index (χ0) is 17.6. The average molecular weight is 354 g/mol. The monoisotopic (exact) mass is 354 g/mol. The van der Waals surface area contributed by atoms with E-state index in [1.807, 2.05) is 47.8 Å². The van der Waals surface area contributed by atoms with Gasteiger partial charge in [-0.3, -0.25) is 14.7 Å². The molecular weight excluding hydrogens is 336 g/mol. The van der Waals surface area contributed by atoms with Crippen LogP contribution in [0.25, 0.3) is 11.3 Å². The van der Waals surface area contributed by atoms with Crippen LogP contribution >= 0.6 is 11.3 Å². The molecule has 1 aromatic carbocycles. The van der Waals surface area contributed by atoms with Gasteiger partial charge in [0.15, 0.2) is 0 Å². The van der Waals surface area contributed by atoms with Crippen molar-refractivity contribution in [2.24, 2.45) is 0 Å². The number of thiophene rings is 1. The Balaban J connectivity index is 1.69. The Hall–Kier alpha value is -2.93. The largest absolute Gasteiger partial charge is 0.348 e. The highest BCUT2D eigenvalue weighted by Gasteiger charge is 2.18. The van der Waals surface area contributed by atoms with Crippen molar-refractivity contribution >= 4 is 28.8 Å². The lowest BCUT2D eigenvalue weighted by molar-refractivity contribution is -0.120. The van der Waals surface area contributed by atoms with Gasteiger partial charge in [-0.05, 0) is 29.6 Å². The average Bonchev–Trinajstić information content (AvgIpc) is 3.28. The van der Waals surface area contributed by atoms with E-state index >= 15 is 0 Å². The maximum atomic E-state index is 12.4. The standard InChI is InChI=1S/C18H18N4O2S/c1-12(23)20-16(17-6-3-9-25-17)11-18(24)21-14-5-2-4-13(10-14)15-7-8-19-22-15/h2-10,16H,11H2,1H3,(H,19,22)(H,20,23)(H,21,24)/t16-/m0/s1. The van der Waals surface area contributed by atoms with Crippen LogP contribution in [0, 0.1) is 0 Å². The molecular formula is C18H18N4O2S. The lowest BCUT2D eigenvalue weighted by Gasteiger charge is -2.16. The zero-order valence-corrected chi connectivity index (χ0v) is 14.5. The summed E-state index contributed by atoms with van der Waals surface area (Å²) in [6, 6.07) is 12.9. The van der Waals surface area contributed by atoms with Gasteiger partial charge in [0.25, 0.3) is 0 Å². The molecule has 2 heterocycles. The van der Waals surface area contributed by atoms with E-state index in [9.17, 15) is 9.59 Å². The number of hydrogen-bond acceptors (Lipinski definition) is 4. The maximum Gasteiger partial charge on any atom is 0.226 e. The number of nitrogens with one attached hydrogen (secondary N) is 3. The van der Waals surface area contributed by atoms with Crippen LogP contribution < -0.4 is 10.6 Å². The number of aromatic nitrogens is 2. The van der Waals surface area contributed by atoms with E-state index in [0.717, 1.165) is 16.1 Å². The number of rotatable bonds is 6. The van der Waals surface area contributed by atoms with Crippen molar-refractivity contribution in [3.8, 4) is 11.3 Å². The second-order valence-electron chi connectivity index (χ2n) is 5.57. The van der Waals surface area contributed by atoms with Crippen LogP contribution in [0.5, 0.6) is 0 Å². The normalized spacial score (nSPS) is 11.7. The van der Waals surface area contributed by atoms with Crippen LogP contribution in [0.15, 0.2) is 54.0 Å². The molecule has 25 heavy (non-hydrogen) atoms. The van der Waals surface area contributed by atoms with E-state index in [0.29, 0.717) is 5.69 Å². The predicted molar refractivity (Wildman–Crippen MR) is 98.1 cm³/mol. The van der Waals surface area contributed by atoms with Gasteiger partial charge in [-0.1, -0.05) is 18.2 Å². The first-order valence-corrected chi connectivity index (χ1v) is 8.70. The summed E-state index contributed by atoms with van der Waals surface area (Å²) >= 11 is 1.52. The molecule has 2 aromatic heterocycles. The first-order valence-electron chi connectivity index (χ1n) is 7.82. The summed E-state index contributed by atoms with van der Waals surface area (Å²) in [6.45, 7) is 1.45. The summed E-state index contributed by atoms with van der Waals surface area (Å²) in [4.78, 5) is 24.8. The van der Waals surface area contributed by atoms with Gasteiger partial charge in [0.1, 0.15) is 0 Å². The van der Waals surface area contributed by atoms with Gasteiger partial charge in [0.2, 0.25) is 11.8 Å². The Morgan fingerprint density at radius 3 is 2.80 bits per heavy atom. The van der Waals surface area contributed by atoms with Gasteiger partial charge in [-0.25, -0.2) is 0 Å². The molecule has 0 unspecified atom stereocenters. The second kappa shape index (κ2) is 7.76. The molecule has 6 nitrogen and oxygen atoms in total. The molecule has 0 saturated heterocycles. The van der Waals surface area contributed by atoms with Crippen LogP contribution in [-0.4, -0.2) is 22.0 Å². The molecule has 1 atom stereocenters. The molecule has 7 heteroatoms. The Morgan fingerprint density at radius 2 is 2.12 bits per heavy atom. The Kier molecular flexibility index (Phi) is 5.25. The Labute approximate surface area is 149 Å². The number of H-pyrrole nitrogens is 1. The van der Waals surface area contributed by atoms with Crippen LogP contribution in [0.1, 0.15) is 24.3 Å². The van der Waals surface area contributed by atoms with Crippen molar-refractivity contribution in [3.05, 3.63) is 58.9 Å². The van der Waals surface area contributed by atoms with Gasteiger partial charge in [0, 0.05) is 29.2 Å². The van der Waals surface area contributed by atoms with Crippen molar-refractivity contribution in [1.29, 1.82) is 0 Å². The number of benzene rings is 1. The molecule has 2 amide bonds. The number of carbonyl (C=O) groups excluding carboxylic acids is 2. The topological polar surface area (TPSA) is 86.9 Å². The van der Waals surface area contributed by atoms with E-state index in [1.54, 1.807) is 6.20 Å². The van der Waals surface area contributed by atoms with Crippen molar-refractivity contribution in [2.45, 2.75) is 19.4 Å². The third kappa shape index (κ3) is 4.54. The molecule has 0 aliphatic heterocycles.